The molecular weight excluding hydrogens is 330 g/mol. The fraction of sp³-hybridized carbons (Fsp3) is 0.235. The van der Waals surface area contributed by atoms with Gasteiger partial charge in [-0.3, -0.25) is 4.79 Å². The predicted molar refractivity (Wildman–Crippen MR) is 87.3 cm³/mol. The maximum Gasteiger partial charge on any atom is 0.224 e. The third-order valence-electron chi connectivity index (χ3n) is 3.00. The number of halogens is 1. The number of para-hydroxylation sites is 1. The molecule has 0 radical (unpaired) electrons. The van der Waals surface area contributed by atoms with Crippen LogP contribution in [-0.2, 0) is 17.8 Å². The SMILES string of the molecule is CCOc1ccccc1CNC(=O)Cc1cccc(Br)c1. The molecule has 4 heteroatoms. The van der Waals surface area contributed by atoms with Crippen molar-refractivity contribution in [3.63, 3.8) is 0 Å². The molecule has 0 bridgehead atoms. The minimum atomic E-state index is -0.000554. The Morgan fingerprint density at radius 1 is 1.19 bits per heavy atom. The summed E-state index contributed by atoms with van der Waals surface area (Å²) in [6.07, 6.45) is 0.371. The topological polar surface area (TPSA) is 38.3 Å². The van der Waals surface area contributed by atoms with Crippen LogP contribution in [-0.4, -0.2) is 12.5 Å². The molecule has 1 amide bonds. The van der Waals surface area contributed by atoms with Gasteiger partial charge in [-0.15, -0.1) is 0 Å². The van der Waals surface area contributed by atoms with E-state index in [1.807, 2.05) is 55.5 Å². The summed E-state index contributed by atoms with van der Waals surface area (Å²) in [7, 11) is 0. The van der Waals surface area contributed by atoms with Gasteiger partial charge in [0.1, 0.15) is 5.75 Å². The molecule has 0 saturated heterocycles. The summed E-state index contributed by atoms with van der Waals surface area (Å²) in [4.78, 5) is 12.0. The van der Waals surface area contributed by atoms with Gasteiger partial charge in [-0.2, -0.15) is 0 Å². The Labute approximate surface area is 133 Å². The lowest BCUT2D eigenvalue weighted by atomic mass is 10.1. The van der Waals surface area contributed by atoms with E-state index < -0.39 is 0 Å². The zero-order valence-electron chi connectivity index (χ0n) is 11.9. The first kappa shape index (κ1) is 15.6. The monoisotopic (exact) mass is 347 g/mol. The summed E-state index contributed by atoms with van der Waals surface area (Å²) >= 11 is 3.41. The summed E-state index contributed by atoms with van der Waals surface area (Å²) in [6, 6.07) is 15.5. The van der Waals surface area contributed by atoms with Crippen molar-refractivity contribution >= 4 is 21.8 Å². The van der Waals surface area contributed by atoms with Gasteiger partial charge in [-0.05, 0) is 30.7 Å². The van der Waals surface area contributed by atoms with Crippen LogP contribution in [0.1, 0.15) is 18.1 Å². The van der Waals surface area contributed by atoms with Crippen molar-refractivity contribution in [2.45, 2.75) is 19.9 Å². The first-order valence-corrected chi connectivity index (χ1v) is 7.70. The van der Waals surface area contributed by atoms with Crippen molar-refractivity contribution in [2.75, 3.05) is 6.61 Å². The Kier molecular flexibility index (Phi) is 5.81. The van der Waals surface area contributed by atoms with Crippen LogP contribution in [0, 0.1) is 0 Å². The molecule has 3 nitrogen and oxygen atoms in total. The molecule has 0 atom stereocenters. The highest BCUT2D eigenvalue weighted by molar-refractivity contribution is 9.10. The minimum Gasteiger partial charge on any atom is -0.494 e. The lowest BCUT2D eigenvalue weighted by Gasteiger charge is -2.11. The molecule has 0 spiro atoms. The van der Waals surface area contributed by atoms with Crippen molar-refractivity contribution in [1.82, 2.24) is 5.32 Å². The Morgan fingerprint density at radius 3 is 2.76 bits per heavy atom. The molecule has 2 aromatic rings. The van der Waals surface area contributed by atoms with Crippen LogP contribution >= 0.6 is 15.9 Å². The molecule has 2 rings (SSSR count). The van der Waals surface area contributed by atoms with Crippen LogP contribution in [0.2, 0.25) is 0 Å². The number of carbonyl (C=O) groups excluding carboxylic acids is 1. The van der Waals surface area contributed by atoms with Crippen LogP contribution in [0.15, 0.2) is 53.0 Å². The van der Waals surface area contributed by atoms with Gasteiger partial charge in [0.2, 0.25) is 5.91 Å². The third-order valence-corrected chi connectivity index (χ3v) is 3.50. The summed E-state index contributed by atoms with van der Waals surface area (Å²) in [5.41, 5.74) is 1.97. The molecule has 0 fully saturated rings. The highest BCUT2D eigenvalue weighted by Gasteiger charge is 2.06. The molecule has 0 saturated carbocycles. The van der Waals surface area contributed by atoms with Crippen LogP contribution < -0.4 is 10.1 Å². The number of ether oxygens (including phenoxy) is 1. The molecule has 0 aliphatic heterocycles. The zero-order valence-corrected chi connectivity index (χ0v) is 13.5. The molecule has 1 N–H and O–H groups in total. The molecule has 0 unspecified atom stereocenters. The van der Waals surface area contributed by atoms with Gasteiger partial charge in [0.25, 0.3) is 0 Å². The molecule has 0 aliphatic carbocycles. The van der Waals surface area contributed by atoms with Crippen molar-refractivity contribution < 1.29 is 9.53 Å². The van der Waals surface area contributed by atoms with Gasteiger partial charge in [0.15, 0.2) is 0 Å². The van der Waals surface area contributed by atoms with Crippen LogP contribution in [0.4, 0.5) is 0 Å². The number of rotatable bonds is 6. The number of nitrogens with one attached hydrogen (secondary N) is 1. The normalized spacial score (nSPS) is 10.2. The zero-order chi connectivity index (χ0) is 15.1. The van der Waals surface area contributed by atoms with Gasteiger partial charge >= 0.3 is 0 Å². The molecular formula is C17H18BrNO2. The summed E-state index contributed by atoms with van der Waals surface area (Å²) in [5.74, 6) is 0.821. The van der Waals surface area contributed by atoms with E-state index >= 15 is 0 Å². The molecule has 110 valence electrons. The van der Waals surface area contributed by atoms with Crippen LogP contribution in [0.5, 0.6) is 5.75 Å². The second kappa shape index (κ2) is 7.84. The van der Waals surface area contributed by atoms with Gasteiger partial charge in [0.05, 0.1) is 13.0 Å². The van der Waals surface area contributed by atoms with E-state index in [4.69, 9.17) is 4.74 Å². The lowest BCUT2D eigenvalue weighted by molar-refractivity contribution is -0.120. The van der Waals surface area contributed by atoms with Crippen molar-refractivity contribution in [3.8, 4) is 5.75 Å². The summed E-state index contributed by atoms with van der Waals surface area (Å²) in [5, 5.41) is 2.93. The maximum absolute atomic E-state index is 12.0. The van der Waals surface area contributed by atoms with Gasteiger partial charge in [-0.1, -0.05) is 46.3 Å². The molecule has 2 aromatic carbocycles. The van der Waals surface area contributed by atoms with E-state index in [-0.39, 0.29) is 5.91 Å². The van der Waals surface area contributed by atoms with E-state index in [1.165, 1.54) is 0 Å². The van der Waals surface area contributed by atoms with Crippen molar-refractivity contribution in [2.24, 2.45) is 0 Å². The van der Waals surface area contributed by atoms with Gasteiger partial charge in [0, 0.05) is 16.6 Å². The Balaban J connectivity index is 1.92. The van der Waals surface area contributed by atoms with E-state index in [0.717, 1.165) is 21.3 Å². The van der Waals surface area contributed by atoms with E-state index in [2.05, 4.69) is 21.2 Å². The second-order valence-corrected chi connectivity index (χ2v) is 5.54. The third kappa shape index (κ3) is 4.90. The smallest absolute Gasteiger partial charge is 0.224 e. The Morgan fingerprint density at radius 2 is 2.00 bits per heavy atom. The number of amides is 1. The average molecular weight is 348 g/mol. The molecule has 0 aliphatic rings. The maximum atomic E-state index is 12.0. The predicted octanol–water partition coefficient (Wildman–Crippen LogP) is 3.71. The average Bonchev–Trinajstić information content (AvgIpc) is 2.47. The standard InChI is InChI=1S/C17H18BrNO2/c1-2-21-16-9-4-3-7-14(16)12-19-17(20)11-13-6-5-8-15(18)10-13/h3-10H,2,11-12H2,1H3,(H,19,20). The lowest BCUT2D eigenvalue weighted by Crippen LogP contribution is -2.24. The largest absolute Gasteiger partial charge is 0.494 e. The summed E-state index contributed by atoms with van der Waals surface area (Å²) < 4.78 is 6.53. The quantitative estimate of drug-likeness (QED) is 0.864. The number of hydrogen-bond acceptors (Lipinski definition) is 2. The van der Waals surface area contributed by atoms with E-state index in [9.17, 15) is 4.79 Å². The Hall–Kier alpha value is -1.81. The Bertz CT molecular complexity index is 613. The van der Waals surface area contributed by atoms with Gasteiger partial charge < -0.3 is 10.1 Å². The minimum absolute atomic E-state index is 0.000554. The number of hydrogen-bond donors (Lipinski definition) is 1. The molecule has 0 aromatic heterocycles. The van der Waals surface area contributed by atoms with E-state index in [1.54, 1.807) is 0 Å². The fourth-order valence-electron chi connectivity index (χ4n) is 2.03. The van der Waals surface area contributed by atoms with E-state index in [0.29, 0.717) is 19.6 Å². The van der Waals surface area contributed by atoms with Crippen LogP contribution in [0.25, 0.3) is 0 Å². The molecule has 21 heavy (non-hydrogen) atoms. The summed E-state index contributed by atoms with van der Waals surface area (Å²) in [6.45, 7) is 3.04. The second-order valence-electron chi connectivity index (χ2n) is 4.62. The van der Waals surface area contributed by atoms with Crippen LogP contribution in [0.3, 0.4) is 0 Å². The van der Waals surface area contributed by atoms with Crippen molar-refractivity contribution in [3.05, 3.63) is 64.1 Å². The number of carbonyl (C=O) groups is 1. The van der Waals surface area contributed by atoms with Gasteiger partial charge in [-0.25, -0.2) is 0 Å². The molecule has 0 heterocycles. The highest BCUT2D eigenvalue weighted by atomic mass is 79.9. The first-order valence-electron chi connectivity index (χ1n) is 6.91. The number of benzene rings is 2. The highest BCUT2D eigenvalue weighted by Crippen LogP contribution is 2.17. The van der Waals surface area contributed by atoms with Crippen molar-refractivity contribution in [1.29, 1.82) is 0 Å². The first-order chi connectivity index (χ1) is 10.2. The fourth-order valence-corrected chi connectivity index (χ4v) is 2.48.